The molecule has 2 rings (SSSR count). The molecule has 19 heavy (non-hydrogen) atoms. The van der Waals surface area contributed by atoms with Gasteiger partial charge >= 0.3 is 0 Å². The lowest BCUT2D eigenvalue weighted by Gasteiger charge is -2.33. The second-order valence-corrected chi connectivity index (χ2v) is 6.14. The van der Waals surface area contributed by atoms with E-state index in [-0.39, 0.29) is 11.6 Å². The standard InChI is InChI=1S/C16H26N2O/c1-16(2,19-3)11-15(18-17)14-10-5-4-9-13(14)12-7-6-8-12/h4-5,9-10,12,15,18H,6-8,11,17H2,1-3H3. The fourth-order valence-corrected chi connectivity index (χ4v) is 2.75. The van der Waals surface area contributed by atoms with Crippen LogP contribution in [0.4, 0.5) is 0 Å². The van der Waals surface area contributed by atoms with Gasteiger partial charge in [0.25, 0.3) is 0 Å². The van der Waals surface area contributed by atoms with Crippen LogP contribution >= 0.6 is 0 Å². The zero-order valence-corrected chi connectivity index (χ0v) is 12.3. The van der Waals surface area contributed by atoms with Gasteiger partial charge in [-0.05, 0) is 50.2 Å². The Hall–Kier alpha value is -0.900. The zero-order valence-electron chi connectivity index (χ0n) is 12.3. The van der Waals surface area contributed by atoms with Crippen molar-refractivity contribution in [3.8, 4) is 0 Å². The maximum Gasteiger partial charge on any atom is 0.0641 e. The van der Waals surface area contributed by atoms with Gasteiger partial charge in [-0.25, -0.2) is 0 Å². The number of methoxy groups -OCH3 is 1. The summed E-state index contributed by atoms with van der Waals surface area (Å²) in [6, 6.07) is 8.83. The van der Waals surface area contributed by atoms with E-state index < -0.39 is 0 Å². The summed E-state index contributed by atoms with van der Waals surface area (Å²) >= 11 is 0. The van der Waals surface area contributed by atoms with Crippen LogP contribution in [-0.4, -0.2) is 12.7 Å². The molecule has 0 aliphatic heterocycles. The van der Waals surface area contributed by atoms with Crippen LogP contribution in [0.15, 0.2) is 24.3 Å². The Kier molecular flexibility index (Phi) is 4.61. The molecule has 0 radical (unpaired) electrons. The average molecular weight is 262 g/mol. The third kappa shape index (κ3) is 3.35. The van der Waals surface area contributed by atoms with Crippen molar-refractivity contribution in [2.45, 2.75) is 57.1 Å². The molecule has 1 unspecified atom stereocenters. The van der Waals surface area contributed by atoms with Crippen molar-refractivity contribution < 1.29 is 4.74 Å². The van der Waals surface area contributed by atoms with Crippen LogP contribution in [-0.2, 0) is 4.74 Å². The fraction of sp³-hybridized carbons (Fsp3) is 0.625. The minimum atomic E-state index is -0.177. The molecule has 1 saturated carbocycles. The van der Waals surface area contributed by atoms with Gasteiger partial charge in [-0.15, -0.1) is 0 Å². The van der Waals surface area contributed by atoms with Crippen molar-refractivity contribution in [3.05, 3.63) is 35.4 Å². The van der Waals surface area contributed by atoms with Crippen LogP contribution in [0.2, 0.25) is 0 Å². The highest BCUT2D eigenvalue weighted by Crippen LogP contribution is 2.40. The molecule has 3 N–H and O–H groups in total. The first-order valence-corrected chi connectivity index (χ1v) is 7.17. The van der Waals surface area contributed by atoms with E-state index in [2.05, 4.69) is 43.5 Å². The van der Waals surface area contributed by atoms with Gasteiger partial charge in [0, 0.05) is 13.2 Å². The van der Waals surface area contributed by atoms with E-state index in [4.69, 9.17) is 10.6 Å². The molecule has 1 aromatic carbocycles. The van der Waals surface area contributed by atoms with Crippen molar-refractivity contribution in [2.24, 2.45) is 5.84 Å². The largest absolute Gasteiger partial charge is 0.379 e. The number of ether oxygens (including phenoxy) is 1. The number of nitrogens with one attached hydrogen (secondary N) is 1. The van der Waals surface area contributed by atoms with Crippen LogP contribution in [0.25, 0.3) is 0 Å². The van der Waals surface area contributed by atoms with E-state index in [1.54, 1.807) is 7.11 Å². The van der Waals surface area contributed by atoms with Crippen LogP contribution in [0.1, 0.15) is 62.6 Å². The lowest BCUT2D eigenvalue weighted by Crippen LogP contribution is -2.36. The summed E-state index contributed by atoms with van der Waals surface area (Å²) in [6.45, 7) is 4.20. The Morgan fingerprint density at radius 2 is 2.05 bits per heavy atom. The monoisotopic (exact) mass is 262 g/mol. The van der Waals surface area contributed by atoms with Crippen LogP contribution in [0.3, 0.4) is 0 Å². The van der Waals surface area contributed by atoms with E-state index in [0.29, 0.717) is 0 Å². The molecule has 0 heterocycles. The van der Waals surface area contributed by atoms with Gasteiger partial charge in [0.05, 0.1) is 5.60 Å². The summed E-state index contributed by atoms with van der Waals surface area (Å²) in [6.07, 6.45) is 4.83. The summed E-state index contributed by atoms with van der Waals surface area (Å²) in [5.74, 6) is 6.51. The molecule has 3 nitrogen and oxygen atoms in total. The van der Waals surface area contributed by atoms with Crippen molar-refractivity contribution in [2.75, 3.05) is 7.11 Å². The maximum atomic E-state index is 5.79. The average Bonchev–Trinajstić information content (AvgIpc) is 2.35. The fourth-order valence-electron chi connectivity index (χ4n) is 2.75. The lowest BCUT2D eigenvalue weighted by molar-refractivity contribution is 0.00669. The van der Waals surface area contributed by atoms with Gasteiger partial charge in [0.2, 0.25) is 0 Å². The number of hydrazine groups is 1. The summed E-state index contributed by atoms with van der Waals surface area (Å²) in [7, 11) is 1.76. The minimum Gasteiger partial charge on any atom is -0.379 e. The van der Waals surface area contributed by atoms with Crippen molar-refractivity contribution in [3.63, 3.8) is 0 Å². The highest BCUT2D eigenvalue weighted by Gasteiger charge is 2.28. The Morgan fingerprint density at radius 1 is 1.37 bits per heavy atom. The van der Waals surface area contributed by atoms with E-state index in [9.17, 15) is 0 Å². The molecule has 1 aromatic rings. The number of hydrogen-bond donors (Lipinski definition) is 2. The van der Waals surface area contributed by atoms with Crippen molar-refractivity contribution in [1.82, 2.24) is 5.43 Å². The van der Waals surface area contributed by atoms with Gasteiger partial charge in [-0.3, -0.25) is 11.3 Å². The first kappa shape index (κ1) is 14.5. The van der Waals surface area contributed by atoms with E-state index in [1.165, 1.54) is 30.4 Å². The van der Waals surface area contributed by atoms with Crippen LogP contribution < -0.4 is 11.3 Å². The molecule has 106 valence electrons. The third-order valence-corrected chi connectivity index (χ3v) is 4.37. The molecule has 0 bridgehead atoms. The number of benzene rings is 1. The number of hydrogen-bond acceptors (Lipinski definition) is 3. The molecule has 0 aromatic heterocycles. The normalized spacial score (nSPS) is 18.1. The molecule has 1 aliphatic carbocycles. The molecular weight excluding hydrogens is 236 g/mol. The Morgan fingerprint density at radius 3 is 2.58 bits per heavy atom. The van der Waals surface area contributed by atoms with E-state index >= 15 is 0 Å². The first-order chi connectivity index (χ1) is 9.07. The second kappa shape index (κ2) is 6.04. The van der Waals surface area contributed by atoms with Gasteiger partial charge in [0.1, 0.15) is 0 Å². The topological polar surface area (TPSA) is 47.3 Å². The molecule has 1 aliphatic rings. The molecule has 3 heteroatoms. The van der Waals surface area contributed by atoms with Crippen molar-refractivity contribution in [1.29, 1.82) is 0 Å². The molecule has 1 fully saturated rings. The van der Waals surface area contributed by atoms with Gasteiger partial charge < -0.3 is 4.74 Å². The second-order valence-electron chi connectivity index (χ2n) is 6.14. The Balaban J connectivity index is 2.22. The maximum absolute atomic E-state index is 5.79. The van der Waals surface area contributed by atoms with Gasteiger partial charge in [-0.2, -0.15) is 0 Å². The summed E-state index contributed by atoms with van der Waals surface area (Å²) in [5.41, 5.74) is 5.59. The lowest BCUT2D eigenvalue weighted by atomic mass is 9.76. The molecular formula is C16H26N2O. The summed E-state index contributed by atoms with van der Waals surface area (Å²) < 4.78 is 5.54. The van der Waals surface area contributed by atoms with Gasteiger partial charge in [-0.1, -0.05) is 30.7 Å². The highest BCUT2D eigenvalue weighted by molar-refractivity contribution is 5.34. The van der Waals surface area contributed by atoms with E-state index in [1.807, 2.05) is 0 Å². The number of rotatable bonds is 6. The third-order valence-electron chi connectivity index (χ3n) is 4.37. The van der Waals surface area contributed by atoms with E-state index in [0.717, 1.165) is 12.3 Å². The van der Waals surface area contributed by atoms with Gasteiger partial charge in [0.15, 0.2) is 0 Å². The smallest absolute Gasteiger partial charge is 0.0641 e. The first-order valence-electron chi connectivity index (χ1n) is 7.17. The molecule has 0 saturated heterocycles. The predicted octanol–water partition coefficient (Wildman–Crippen LogP) is 3.27. The number of nitrogens with two attached hydrogens (primary N) is 1. The minimum absolute atomic E-state index is 0.145. The molecule has 0 spiro atoms. The molecule has 0 amide bonds. The summed E-state index contributed by atoms with van der Waals surface area (Å²) in [5, 5.41) is 0. The predicted molar refractivity (Wildman–Crippen MR) is 78.8 cm³/mol. The van der Waals surface area contributed by atoms with Crippen LogP contribution in [0, 0.1) is 0 Å². The van der Waals surface area contributed by atoms with Crippen molar-refractivity contribution >= 4 is 0 Å². The SMILES string of the molecule is COC(C)(C)CC(NN)c1ccccc1C1CCC1. The Labute approximate surface area is 116 Å². The summed E-state index contributed by atoms with van der Waals surface area (Å²) in [4.78, 5) is 0. The zero-order chi connectivity index (χ0) is 13.9. The molecule has 1 atom stereocenters. The van der Waals surface area contributed by atoms with Crippen LogP contribution in [0.5, 0.6) is 0 Å². The highest BCUT2D eigenvalue weighted by atomic mass is 16.5. The Bertz CT molecular complexity index is 413. The quantitative estimate of drug-likeness (QED) is 0.611.